The van der Waals surface area contributed by atoms with Crippen LogP contribution in [0.2, 0.25) is 0 Å². The number of carbonyl (C=O) groups excluding carboxylic acids is 1. The number of imidazole rings is 1. The highest BCUT2D eigenvalue weighted by Crippen LogP contribution is 2.28. The van der Waals surface area contributed by atoms with Crippen LogP contribution in [-0.4, -0.2) is 37.4 Å². The zero-order valence-electron chi connectivity index (χ0n) is 21.1. The number of ether oxygens (including phenoxy) is 1. The van der Waals surface area contributed by atoms with Gasteiger partial charge in [-0.2, -0.15) is 0 Å². The van der Waals surface area contributed by atoms with E-state index in [-0.39, 0.29) is 42.7 Å². The first-order valence-corrected chi connectivity index (χ1v) is 12.5. The monoisotopic (exact) mass is 536 g/mol. The van der Waals surface area contributed by atoms with Crippen LogP contribution in [0.15, 0.2) is 57.7 Å². The van der Waals surface area contributed by atoms with Crippen molar-refractivity contribution in [1.82, 2.24) is 30.0 Å². The zero-order valence-corrected chi connectivity index (χ0v) is 22.0. The average molecular weight is 537 g/mol. The van der Waals surface area contributed by atoms with Crippen LogP contribution < -0.4 is 21.1 Å². The van der Waals surface area contributed by atoms with E-state index in [0.29, 0.717) is 41.9 Å². The highest BCUT2D eigenvalue weighted by Gasteiger charge is 2.30. The fourth-order valence-electron chi connectivity index (χ4n) is 4.64. The van der Waals surface area contributed by atoms with E-state index in [0.717, 1.165) is 29.7 Å². The molecule has 1 saturated carbocycles. The summed E-state index contributed by atoms with van der Waals surface area (Å²) in [6, 6.07) is 15.0. The summed E-state index contributed by atoms with van der Waals surface area (Å²) in [6.07, 6.45) is 2.42. The Morgan fingerprint density at radius 3 is 2.63 bits per heavy atom. The Hall–Kier alpha value is -3.89. The normalized spacial score (nSPS) is 16.4. The van der Waals surface area contributed by atoms with Crippen LogP contribution in [0, 0.1) is 6.92 Å². The van der Waals surface area contributed by atoms with E-state index < -0.39 is 0 Å². The van der Waals surface area contributed by atoms with Crippen molar-refractivity contribution in [3.05, 3.63) is 81.9 Å². The molecule has 4 aromatic rings. The molecule has 3 heterocycles. The van der Waals surface area contributed by atoms with Crippen LogP contribution >= 0.6 is 12.4 Å². The van der Waals surface area contributed by atoms with E-state index >= 15 is 0 Å². The van der Waals surface area contributed by atoms with E-state index in [2.05, 4.69) is 20.8 Å². The number of halogens is 1. The van der Waals surface area contributed by atoms with E-state index in [1.807, 2.05) is 55.5 Å². The summed E-state index contributed by atoms with van der Waals surface area (Å²) >= 11 is 0. The Morgan fingerprint density at radius 1 is 1.16 bits per heavy atom. The van der Waals surface area contributed by atoms with Crippen molar-refractivity contribution in [2.45, 2.75) is 58.5 Å². The summed E-state index contributed by atoms with van der Waals surface area (Å²) in [7, 11) is 0. The van der Waals surface area contributed by atoms with Gasteiger partial charge in [-0.05, 0) is 55.7 Å². The predicted octanol–water partition coefficient (Wildman–Crippen LogP) is 3.38. The first kappa shape index (κ1) is 25.7. The van der Waals surface area contributed by atoms with Crippen LogP contribution in [0.1, 0.15) is 47.4 Å². The van der Waals surface area contributed by atoms with Gasteiger partial charge in [0.25, 0.3) is 5.91 Å². The number of fused-ring (bicyclic) bond motifs is 1. The fourth-order valence-corrected chi connectivity index (χ4v) is 4.64. The summed E-state index contributed by atoms with van der Waals surface area (Å²) in [6.45, 7) is 4.90. The van der Waals surface area contributed by atoms with Gasteiger partial charge in [0.05, 0.1) is 17.5 Å². The molecule has 6 rings (SSSR count). The molecule has 1 amide bonds. The van der Waals surface area contributed by atoms with Gasteiger partial charge in [0.1, 0.15) is 11.4 Å². The lowest BCUT2D eigenvalue weighted by Crippen LogP contribution is -2.40. The second kappa shape index (κ2) is 10.5. The molecule has 2 aliphatic rings. The molecule has 11 heteroatoms. The fraction of sp³-hybridized carbons (Fsp3) is 0.333. The lowest BCUT2D eigenvalue weighted by Gasteiger charge is -2.22. The summed E-state index contributed by atoms with van der Waals surface area (Å²) in [5.41, 5.74) is 2.96. The molecule has 0 unspecified atom stereocenters. The van der Waals surface area contributed by atoms with Crippen LogP contribution in [0.3, 0.4) is 0 Å². The van der Waals surface area contributed by atoms with Gasteiger partial charge in [0.2, 0.25) is 11.8 Å². The highest BCUT2D eigenvalue weighted by molar-refractivity contribution is 5.94. The van der Waals surface area contributed by atoms with E-state index in [9.17, 15) is 9.59 Å². The topological polar surface area (TPSA) is 116 Å². The second-order valence-electron chi connectivity index (χ2n) is 9.58. The van der Waals surface area contributed by atoms with Crippen molar-refractivity contribution in [2.24, 2.45) is 0 Å². The number of nitrogens with one attached hydrogen (secondary N) is 2. The minimum atomic E-state index is -0.336. The third kappa shape index (κ3) is 4.97. The van der Waals surface area contributed by atoms with E-state index in [1.165, 1.54) is 4.57 Å². The number of aromatic nitrogens is 4. The van der Waals surface area contributed by atoms with E-state index in [1.54, 1.807) is 11.5 Å². The lowest BCUT2D eigenvalue weighted by atomic mass is 10.1. The standard InChI is InChI=1S/C27H28N6O4.ClH/c1-16-15-32-23(14-28-16)24(33(27(32)35)19-7-9-20(10-8-19)37-21-11-12-21)25(34)29-13-18-5-3-4-6-22(18)26-31-30-17(2)36-26;/h3-10,16,21,28H,11-15H2,1-2H3,(H,29,34);1H/t16-;/m1./s1. The lowest BCUT2D eigenvalue weighted by molar-refractivity contribution is 0.0942. The molecule has 2 aromatic heterocycles. The van der Waals surface area contributed by atoms with Gasteiger partial charge in [-0.25, -0.2) is 4.79 Å². The summed E-state index contributed by atoms with van der Waals surface area (Å²) in [4.78, 5) is 27.2. The smallest absolute Gasteiger partial charge is 0.333 e. The molecule has 1 aliphatic carbocycles. The van der Waals surface area contributed by atoms with Crippen LogP contribution in [-0.2, 0) is 19.6 Å². The van der Waals surface area contributed by atoms with Gasteiger partial charge < -0.3 is 19.8 Å². The minimum absolute atomic E-state index is 0. The molecule has 1 fully saturated rings. The van der Waals surface area contributed by atoms with Gasteiger partial charge in [-0.1, -0.05) is 18.2 Å². The van der Waals surface area contributed by atoms with Crippen LogP contribution in [0.5, 0.6) is 5.75 Å². The summed E-state index contributed by atoms with van der Waals surface area (Å²) in [5, 5.41) is 14.4. The van der Waals surface area contributed by atoms with Crippen LogP contribution in [0.25, 0.3) is 17.1 Å². The third-order valence-electron chi connectivity index (χ3n) is 6.67. The van der Waals surface area contributed by atoms with E-state index in [4.69, 9.17) is 9.15 Å². The number of carbonyl (C=O) groups is 1. The number of amides is 1. The molecule has 0 saturated heterocycles. The molecular weight excluding hydrogens is 508 g/mol. The number of aryl methyl sites for hydroxylation is 1. The molecule has 0 radical (unpaired) electrons. The maximum absolute atomic E-state index is 13.7. The Kier molecular flexibility index (Phi) is 7.09. The number of hydrogen-bond acceptors (Lipinski definition) is 7. The zero-order chi connectivity index (χ0) is 25.5. The Labute approximate surface area is 225 Å². The molecular formula is C27H29ClN6O4. The van der Waals surface area contributed by atoms with Gasteiger partial charge in [-0.3, -0.25) is 13.9 Å². The number of hydrogen-bond donors (Lipinski definition) is 2. The maximum Gasteiger partial charge on any atom is 0.333 e. The molecule has 10 nitrogen and oxygen atoms in total. The van der Waals surface area contributed by atoms with Crippen molar-refractivity contribution >= 4 is 18.3 Å². The highest BCUT2D eigenvalue weighted by atomic mass is 35.5. The van der Waals surface area contributed by atoms with Crippen molar-refractivity contribution in [3.8, 4) is 22.9 Å². The van der Waals surface area contributed by atoms with Crippen LogP contribution in [0.4, 0.5) is 0 Å². The molecule has 0 bridgehead atoms. The number of benzene rings is 2. The maximum atomic E-state index is 13.7. The third-order valence-corrected chi connectivity index (χ3v) is 6.67. The first-order chi connectivity index (χ1) is 18.0. The van der Waals surface area contributed by atoms with Crippen molar-refractivity contribution < 1.29 is 13.9 Å². The van der Waals surface area contributed by atoms with Gasteiger partial charge >= 0.3 is 5.69 Å². The molecule has 1 atom stereocenters. The Bertz CT molecular complexity index is 1520. The number of rotatable bonds is 7. The van der Waals surface area contributed by atoms with Crippen molar-refractivity contribution in [2.75, 3.05) is 0 Å². The van der Waals surface area contributed by atoms with Gasteiger partial charge in [0, 0.05) is 38.2 Å². The van der Waals surface area contributed by atoms with Gasteiger partial charge in [0.15, 0.2) is 0 Å². The molecule has 0 spiro atoms. The average Bonchev–Trinajstić information content (AvgIpc) is 3.54. The van der Waals surface area contributed by atoms with Crippen molar-refractivity contribution in [3.63, 3.8) is 0 Å². The number of nitrogens with zero attached hydrogens (tertiary/aromatic N) is 4. The molecule has 2 aromatic carbocycles. The molecule has 198 valence electrons. The van der Waals surface area contributed by atoms with Crippen molar-refractivity contribution in [1.29, 1.82) is 0 Å². The Morgan fingerprint density at radius 2 is 1.92 bits per heavy atom. The van der Waals surface area contributed by atoms with Gasteiger partial charge in [-0.15, -0.1) is 22.6 Å². The second-order valence-corrected chi connectivity index (χ2v) is 9.58. The Balaban J connectivity index is 0.00000294. The quantitative estimate of drug-likeness (QED) is 0.372. The minimum Gasteiger partial charge on any atom is -0.490 e. The molecule has 2 N–H and O–H groups in total. The molecule has 1 aliphatic heterocycles. The first-order valence-electron chi connectivity index (χ1n) is 12.5. The summed E-state index contributed by atoms with van der Waals surface area (Å²) < 4.78 is 14.7. The summed E-state index contributed by atoms with van der Waals surface area (Å²) in [5.74, 6) is 1.29. The molecule has 38 heavy (non-hydrogen) atoms. The predicted molar refractivity (Wildman–Crippen MR) is 143 cm³/mol. The largest absolute Gasteiger partial charge is 0.490 e. The SMILES string of the molecule is Cc1nnc(-c2ccccc2CNC(=O)c2c3n(c(=O)n2-c2ccc(OC4CC4)cc2)C[C@@H](C)NC3)o1.Cl.